The van der Waals surface area contributed by atoms with Gasteiger partial charge in [0.15, 0.2) is 0 Å². The van der Waals surface area contributed by atoms with E-state index < -0.39 is 0 Å². The summed E-state index contributed by atoms with van der Waals surface area (Å²) in [6.45, 7) is 4.39. The molecule has 2 bridgehead atoms. The minimum Gasteiger partial charge on any atom is -0.0885 e. The van der Waals surface area contributed by atoms with Crippen LogP contribution in [0.4, 0.5) is 0 Å². The minimum atomic E-state index is 0.878. The summed E-state index contributed by atoms with van der Waals surface area (Å²) in [5.41, 5.74) is 1.74. The van der Waals surface area contributed by atoms with E-state index in [2.05, 4.69) is 44.2 Å². The Hall–Kier alpha value is -0.780. The van der Waals surface area contributed by atoms with Gasteiger partial charge in [0.1, 0.15) is 0 Å². The van der Waals surface area contributed by atoms with E-state index in [1.165, 1.54) is 19.3 Å². The van der Waals surface area contributed by atoms with E-state index in [0.717, 1.165) is 30.6 Å². The van der Waals surface area contributed by atoms with E-state index >= 15 is 0 Å². The Balaban J connectivity index is 1.80. The fraction of sp³-hybridized carbons (Fsp3) is 0.625. The van der Waals surface area contributed by atoms with E-state index in [9.17, 15) is 0 Å². The first-order valence-electron chi connectivity index (χ1n) is 6.81. The van der Waals surface area contributed by atoms with Crippen LogP contribution < -0.4 is 0 Å². The lowest BCUT2D eigenvalue weighted by molar-refractivity contribution is 0.446. The topological polar surface area (TPSA) is 0 Å². The lowest BCUT2D eigenvalue weighted by atomic mass is 9.85. The van der Waals surface area contributed by atoms with Crippen molar-refractivity contribution in [3.05, 3.63) is 36.0 Å². The molecule has 0 heteroatoms. The summed E-state index contributed by atoms with van der Waals surface area (Å²) in [5, 5.41) is 0. The molecule has 3 atom stereocenters. The molecule has 2 rings (SSSR count). The zero-order chi connectivity index (χ0) is 11.4. The molecule has 0 aromatic rings. The van der Waals surface area contributed by atoms with Crippen LogP contribution in [0.1, 0.15) is 46.0 Å². The maximum Gasteiger partial charge on any atom is -0.0169 e. The van der Waals surface area contributed by atoms with E-state index in [4.69, 9.17) is 0 Å². The third kappa shape index (κ3) is 2.48. The zero-order valence-electron chi connectivity index (χ0n) is 10.7. The zero-order valence-corrected chi connectivity index (χ0v) is 10.7. The molecule has 2 aliphatic rings. The molecule has 88 valence electrons. The molecule has 0 amide bonds. The third-order valence-corrected chi connectivity index (χ3v) is 4.20. The van der Waals surface area contributed by atoms with Gasteiger partial charge in [-0.25, -0.2) is 0 Å². The van der Waals surface area contributed by atoms with E-state index in [1.54, 1.807) is 5.57 Å². The smallest absolute Gasteiger partial charge is 0.0169 e. The first-order valence-corrected chi connectivity index (χ1v) is 6.81. The van der Waals surface area contributed by atoms with Gasteiger partial charge in [0.2, 0.25) is 0 Å². The van der Waals surface area contributed by atoms with Gasteiger partial charge >= 0.3 is 0 Å². The van der Waals surface area contributed by atoms with Gasteiger partial charge in [-0.15, -0.1) is 0 Å². The first-order chi connectivity index (χ1) is 7.85. The molecule has 0 aliphatic heterocycles. The minimum absolute atomic E-state index is 0.878. The molecular formula is C16H24. The molecule has 0 radical (unpaired) electrons. The summed E-state index contributed by atoms with van der Waals surface area (Å²) in [4.78, 5) is 0. The molecule has 3 unspecified atom stereocenters. The average molecular weight is 216 g/mol. The normalized spacial score (nSPS) is 36.1. The molecular weight excluding hydrogens is 192 g/mol. The largest absolute Gasteiger partial charge is 0.0885 e. The number of hydrogen-bond acceptors (Lipinski definition) is 0. The maximum absolute atomic E-state index is 2.48. The van der Waals surface area contributed by atoms with Crippen LogP contribution in [0.15, 0.2) is 36.0 Å². The quantitative estimate of drug-likeness (QED) is 0.587. The van der Waals surface area contributed by atoms with Gasteiger partial charge < -0.3 is 0 Å². The highest BCUT2D eigenvalue weighted by molar-refractivity contribution is 5.20. The molecule has 0 aromatic carbocycles. The van der Waals surface area contributed by atoms with Gasteiger partial charge in [-0.1, -0.05) is 42.9 Å². The van der Waals surface area contributed by atoms with Crippen molar-refractivity contribution < 1.29 is 0 Å². The Labute approximate surface area is 100 Å². The molecule has 0 aromatic heterocycles. The van der Waals surface area contributed by atoms with Crippen molar-refractivity contribution in [1.82, 2.24) is 0 Å². The maximum atomic E-state index is 2.48. The Morgan fingerprint density at radius 1 is 1.19 bits per heavy atom. The molecule has 0 heterocycles. The summed E-state index contributed by atoms with van der Waals surface area (Å²) in [6.07, 6.45) is 18.3. The van der Waals surface area contributed by atoms with Gasteiger partial charge in [0, 0.05) is 0 Å². The van der Waals surface area contributed by atoms with Crippen LogP contribution in [0.25, 0.3) is 0 Å². The molecule has 0 N–H and O–H groups in total. The van der Waals surface area contributed by atoms with Gasteiger partial charge in [-0.05, 0) is 56.8 Å². The number of rotatable bonds is 4. The van der Waals surface area contributed by atoms with Crippen LogP contribution in [0.3, 0.4) is 0 Å². The summed E-state index contributed by atoms with van der Waals surface area (Å²) in [5.74, 6) is 2.77. The van der Waals surface area contributed by atoms with Crippen LogP contribution >= 0.6 is 0 Å². The predicted molar refractivity (Wildman–Crippen MR) is 71.3 cm³/mol. The summed E-state index contributed by atoms with van der Waals surface area (Å²) in [7, 11) is 0. The Morgan fingerprint density at radius 2 is 2.06 bits per heavy atom. The highest BCUT2D eigenvalue weighted by Gasteiger charge is 2.40. The van der Waals surface area contributed by atoms with Crippen molar-refractivity contribution in [1.29, 1.82) is 0 Å². The van der Waals surface area contributed by atoms with Crippen LogP contribution in [0.2, 0.25) is 0 Å². The number of allylic oxidation sites excluding steroid dienone is 6. The van der Waals surface area contributed by atoms with E-state index in [-0.39, 0.29) is 0 Å². The second-order valence-corrected chi connectivity index (χ2v) is 5.20. The molecule has 0 nitrogen and oxygen atoms in total. The van der Waals surface area contributed by atoms with Crippen molar-refractivity contribution in [2.24, 2.45) is 17.8 Å². The van der Waals surface area contributed by atoms with Crippen molar-refractivity contribution >= 4 is 0 Å². The van der Waals surface area contributed by atoms with Crippen LogP contribution in [-0.2, 0) is 0 Å². The van der Waals surface area contributed by atoms with Crippen LogP contribution in [0, 0.1) is 17.8 Å². The fourth-order valence-corrected chi connectivity index (χ4v) is 3.35. The number of fused-ring (bicyclic) bond motifs is 2. The molecule has 2 fully saturated rings. The lowest BCUT2D eigenvalue weighted by Gasteiger charge is -2.20. The standard InChI is InChI=1S/C16H24/c1-3-5-6-7-8-9-14-11-15-12-16(14)10-13(15)4-2/h4-6,8-9,14-16H,3,7,10-12H2,1-2H3/b6-5-,9-8+,13-4+. The fourth-order valence-electron chi connectivity index (χ4n) is 3.35. The van der Waals surface area contributed by atoms with Gasteiger partial charge in [-0.3, -0.25) is 0 Å². The third-order valence-electron chi connectivity index (χ3n) is 4.20. The molecule has 0 saturated heterocycles. The summed E-state index contributed by atoms with van der Waals surface area (Å²) >= 11 is 0. The Morgan fingerprint density at radius 3 is 2.69 bits per heavy atom. The second kappa shape index (κ2) is 5.52. The van der Waals surface area contributed by atoms with Gasteiger partial charge in [0.25, 0.3) is 0 Å². The molecule has 2 saturated carbocycles. The molecule has 2 aliphatic carbocycles. The SMILES string of the molecule is C/C=C1\CC2CC1CC2/C=C/C/C=C\CC. The lowest BCUT2D eigenvalue weighted by Crippen LogP contribution is -2.09. The van der Waals surface area contributed by atoms with Crippen molar-refractivity contribution in [3.8, 4) is 0 Å². The van der Waals surface area contributed by atoms with Crippen LogP contribution in [-0.4, -0.2) is 0 Å². The van der Waals surface area contributed by atoms with Crippen molar-refractivity contribution in [2.45, 2.75) is 46.0 Å². The van der Waals surface area contributed by atoms with E-state index in [0.29, 0.717) is 0 Å². The number of hydrogen-bond donors (Lipinski definition) is 0. The molecule has 16 heavy (non-hydrogen) atoms. The van der Waals surface area contributed by atoms with Crippen LogP contribution in [0.5, 0.6) is 0 Å². The molecule has 0 spiro atoms. The Bertz CT molecular complexity index is 306. The van der Waals surface area contributed by atoms with Gasteiger partial charge in [0.05, 0.1) is 0 Å². The van der Waals surface area contributed by atoms with Crippen molar-refractivity contribution in [2.75, 3.05) is 0 Å². The highest BCUT2D eigenvalue weighted by atomic mass is 14.4. The average Bonchev–Trinajstić information content (AvgIpc) is 2.87. The second-order valence-electron chi connectivity index (χ2n) is 5.20. The predicted octanol–water partition coefficient (Wildman–Crippen LogP) is 4.89. The highest BCUT2D eigenvalue weighted by Crippen LogP contribution is 2.51. The van der Waals surface area contributed by atoms with Gasteiger partial charge in [-0.2, -0.15) is 0 Å². The monoisotopic (exact) mass is 216 g/mol. The Kier molecular flexibility index (Phi) is 4.04. The summed E-state index contributed by atoms with van der Waals surface area (Å²) in [6, 6.07) is 0. The van der Waals surface area contributed by atoms with Crippen molar-refractivity contribution in [3.63, 3.8) is 0 Å². The summed E-state index contributed by atoms with van der Waals surface area (Å²) < 4.78 is 0. The first kappa shape index (κ1) is 11.7. The van der Waals surface area contributed by atoms with E-state index in [1.807, 2.05) is 0 Å².